The highest BCUT2D eigenvalue weighted by Crippen LogP contribution is 2.31. The largest absolute Gasteiger partial charge is 0.348 e. The minimum absolute atomic E-state index is 0. The van der Waals surface area contributed by atoms with Crippen LogP contribution in [-0.2, 0) is 7.05 Å². The molecule has 0 atom stereocenters. The van der Waals surface area contributed by atoms with Crippen molar-refractivity contribution in [1.29, 1.82) is 0 Å². The van der Waals surface area contributed by atoms with Gasteiger partial charge < -0.3 is 10.6 Å². The zero-order chi connectivity index (χ0) is 12.0. The van der Waals surface area contributed by atoms with Crippen LogP contribution in [0.3, 0.4) is 0 Å². The number of anilines is 1. The maximum atomic E-state index is 5.92. The van der Waals surface area contributed by atoms with Crippen LogP contribution in [0.4, 0.5) is 5.13 Å². The molecule has 0 unspecified atom stereocenters. The average molecular weight is 324 g/mol. The van der Waals surface area contributed by atoms with Gasteiger partial charge >= 0.3 is 0 Å². The number of hydrogen-bond donors (Lipinski definition) is 1. The second kappa shape index (κ2) is 6.26. The molecule has 0 bridgehead atoms. The first-order valence-corrected chi connectivity index (χ1v) is 6.77. The van der Waals surface area contributed by atoms with Crippen molar-refractivity contribution < 1.29 is 0 Å². The molecule has 1 fully saturated rings. The van der Waals surface area contributed by atoms with Crippen molar-refractivity contribution in [2.75, 3.05) is 18.0 Å². The van der Waals surface area contributed by atoms with Crippen LogP contribution in [0, 0.1) is 6.92 Å². The molecule has 2 aromatic heterocycles. The predicted molar refractivity (Wildman–Crippen MR) is 85.0 cm³/mol. The van der Waals surface area contributed by atoms with Crippen molar-refractivity contribution in [3.8, 4) is 0 Å². The third-order valence-electron chi connectivity index (χ3n) is 3.34. The summed E-state index contributed by atoms with van der Waals surface area (Å²) in [6, 6.07) is 0.365. The zero-order valence-corrected chi connectivity index (χ0v) is 13.4. The molecule has 0 amide bonds. The van der Waals surface area contributed by atoms with Crippen molar-refractivity contribution in [2.45, 2.75) is 25.8 Å². The summed E-state index contributed by atoms with van der Waals surface area (Å²) in [7, 11) is 1.95. The van der Waals surface area contributed by atoms with E-state index in [-0.39, 0.29) is 24.8 Å². The second-order valence-electron chi connectivity index (χ2n) is 4.68. The first-order chi connectivity index (χ1) is 8.15. The summed E-state index contributed by atoms with van der Waals surface area (Å²) in [6.07, 6.45) is 2.13. The third kappa shape index (κ3) is 2.97. The molecule has 0 radical (unpaired) electrons. The summed E-state index contributed by atoms with van der Waals surface area (Å²) in [6.45, 7) is 4.08. The maximum Gasteiger partial charge on any atom is 0.188 e. The highest BCUT2D eigenvalue weighted by atomic mass is 35.5. The van der Waals surface area contributed by atoms with Crippen LogP contribution in [-0.4, -0.2) is 33.9 Å². The van der Waals surface area contributed by atoms with E-state index in [9.17, 15) is 0 Å². The van der Waals surface area contributed by atoms with Gasteiger partial charge in [-0.05, 0) is 19.8 Å². The minimum atomic E-state index is 0. The highest BCUT2D eigenvalue weighted by molar-refractivity contribution is 7.22. The molecule has 0 spiro atoms. The fraction of sp³-hybridized carbons (Fsp3) is 0.636. The van der Waals surface area contributed by atoms with Gasteiger partial charge in [0, 0.05) is 26.2 Å². The topological polar surface area (TPSA) is 60.0 Å². The molecule has 1 aliphatic heterocycles. The van der Waals surface area contributed by atoms with Crippen LogP contribution in [0.5, 0.6) is 0 Å². The van der Waals surface area contributed by atoms with Gasteiger partial charge in [0.2, 0.25) is 0 Å². The van der Waals surface area contributed by atoms with E-state index in [4.69, 9.17) is 5.73 Å². The van der Waals surface area contributed by atoms with Gasteiger partial charge in [-0.15, -0.1) is 24.8 Å². The van der Waals surface area contributed by atoms with Crippen LogP contribution in [0.1, 0.15) is 18.5 Å². The lowest BCUT2D eigenvalue weighted by Crippen LogP contribution is -2.39. The Morgan fingerprint density at radius 3 is 2.47 bits per heavy atom. The van der Waals surface area contributed by atoms with E-state index in [1.54, 1.807) is 11.3 Å². The second-order valence-corrected chi connectivity index (χ2v) is 5.66. The molecule has 0 aromatic carbocycles. The Labute approximate surface area is 129 Å². The Morgan fingerprint density at radius 2 is 1.89 bits per heavy atom. The number of aryl methyl sites for hydroxylation is 2. The number of piperidine rings is 1. The molecule has 2 aromatic rings. The minimum Gasteiger partial charge on any atom is -0.348 e. The summed E-state index contributed by atoms with van der Waals surface area (Å²) in [4.78, 5) is 7.03. The molecule has 1 saturated heterocycles. The van der Waals surface area contributed by atoms with Crippen molar-refractivity contribution in [3.63, 3.8) is 0 Å². The van der Waals surface area contributed by atoms with E-state index in [1.807, 2.05) is 18.7 Å². The number of hydrogen-bond acceptors (Lipinski definition) is 5. The molecule has 1 aliphatic rings. The van der Waals surface area contributed by atoms with Crippen LogP contribution < -0.4 is 10.6 Å². The molecule has 8 heteroatoms. The Hall–Kier alpha value is -0.560. The van der Waals surface area contributed by atoms with Crippen LogP contribution >= 0.6 is 36.2 Å². The lowest BCUT2D eigenvalue weighted by molar-refractivity contribution is 0.501. The standard InChI is InChI=1S/C11H17N5S.2ClH/c1-7-9-10(15(2)14-7)13-11(17-9)16-5-3-8(12)4-6-16;;/h8H,3-6,12H2,1-2H3;2*1H. The molecule has 3 rings (SSSR count). The monoisotopic (exact) mass is 323 g/mol. The average Bonchev–Trinajstić information content (AvgIpc) is 2.83. The summed E-state index contributed by atoms with van der Waals surface area (Å²) in [5.41, 5.74) is 7.99. The number of aromatic nitrogens is 3. The lowest BCUT2D eigenvalue weighted by atomic mass is 10.1. The molecular weight excluding hydrogens is 305 g/mol. The zero-order valence-electron chi connectivity index (χ0n) is 11.0. The number of nitrogens with two attached hydrogens (primary N) is 1. The third-order valence-corrected chi connectivity index (χ3v) is 4.56. The normalized spacial score (nSPS) is 16.3. The van der Waals surface area contributed by atoms with Crippen molar-refractivity contribution in [3.05, 3.63) is 5.69 Å². The maximum absolute atomic E-state index is 5.92. The van der Waals surface area contributed by atoms with Crippen molar-refractivity contribution in [2.24, 2.45) is 12.8 Å². The summed E-state index contributed by atoms with van der Waals surface area (Å²) < 4.78 is 3.07. The van der Waals surface area contributed by atoms with Crippen LogP contribution in [0.15, 0.2) is 0 Å². The number of halogens is 2. The first kappa shape index (κ1) is 16.5. The van der Waals surface area contributed by atoms with Crippen molar-refractivity contribution >= 4 is 51.6 Å². The Kier molecular flexibility index (Phi) is 5.43. The van der Waals surface area contributed by atoms with Gasteiger partial charge in [-0.1, -0.05) is 11.3 Å². The van der Waals surface area contributed by atoms with E-state index in [1.165, 1.54) is 4.70 Å². The van der Waals surface area contributed by atoms with Gasteiger partial charge in [0.05, 0.1) is 10.4 Å². The molecule has 3 heterocycles. The van der Waals surface area contributed by atoms with Crippen LogP contribution in [0.25, 0.3) is 10.3 Å². The van der Waals surface area contributed by atoms with Gasteiger partial charge in [-0.3, -0.25) is 0 Å². The quantitative estimate of drug-likeness (QED) is 0.873. The molecular formula is C11H19Cl2N5S. The molecule has 5 nitrogen and oxygen atoms in total. The van der Waals surface area contributed by atoms with Crippen LogP contribution in [0.2, 0.25) is 0 Å². The van der Waals surface area contributed by atoms with Gasteiger partial charge in [0.1, 0.15) is 0 Å². The lowest BCUT2D eigenvalue weighted by Gasteiger charge is -2.29. The van der Waals surface area contributed by atoms with Gasteiger partial charge in [0.15, 0.2) is 10.8 Å². The fourth-order valence-corrected chi connectivity index (χ4v) is 3.38. The predicted octanol–water partition coefficient (Wildman–Crippen LogP) is 2.11. The van der Waals surface area contributed by atoms with E-state index in [0.717, 1.165) is 42.4 Å². The van der Waals surface area contributed by atoms with Gasteiger partial charge in [0.25, 0.3) is 0 Å². The Morgan fingerprint density at radius 1 is 1.26 bits per heavy atom. The summed E-state index contributed by atoms with van der Waals surface area (Å²) in [5, 5.41) is 5.49. The Balaban J connectivity index is 0.000000902. The van der Waals surface area contributed by atoms with E-state index in [0.29, 0.717) is 6.04 Å². The first-order valence-electron chi connectivity index (χ1n) is 5.96. The Bertz CT molecular complexity index is 510. The number of rotatable bonds is 1. The highest BCUT2D eigenvalue weighted by Gasteiger charge is 2.20. The smallest absolute Gasteiger partial charge is 0.188 e. The molecule has 108 valence electrons. The number of nitrogens with zero attached hydrogens (tertiary/aromatic N) is 4. The SMILES string of the molecule is Cc1nn(C)c2nc(N3CCC(N)CC3)sc12.Cl.Cl. The molecule has 0 saturated carbocycles. The number of fused-ring (bicyclic) bond motifs is 1. The summed E-state index contributed by atoms with van der Waals surface area (Å²) >= 11 is 1.74. The van der Waals surface area contributed by atoms with E-state index >= 15 is 0 Å². The fourth-order valence-electron chi connectivity index (χ4n) is 2.30. The van der Waals surface area contributed by atoms with Crippen molar-refractivity contribution in [1.82, 2.24) is 14.8 Å². The van der Waals surface area contributed by atoms with Gasteiger partial charge in [-0.25, -0.2) is 9.67 Å². The van der Waals surface area contributed by atoms with E-state index < -0.39 is 0 Å². The van der Waals surface area contributed by atoms with Gasteiger partial charge in [-0.2, -0.15) is 5.10 Å². The number of thiazole rings is 1. The van der Waals surface area contributed by atoms with E-state index in [2.05, 4.69) is 15.0 Å². The molecule has 19 heavy (non-hydrogen) atoms. The molecule has 2 N–H and O–H groups in total. The summed E-state index contributed by atoms with van der Waals surface area (Å²) in [5.74, 6) is 0. The molecule has 0 aliphatic carbocycles.